The standard InChI is InChI=1S/C23H29N5O4S/c1-6-28-17(4)20(16(3)25-28)10-11-27(5)22-21(13-18(14-24-22)23(29)30)26-33(31,32)19-9-7-8-15(2)12-19/h7-9,12-14,26H,6,10-11H2,1-5H3,(H,29,30). The van der Waals surface area contributed by atoms with Crippen LogP contribution in [0.25, 0.3) is 0 Å². The lowest BCUT2D eigenvalue weighted by molar-refractivity contribution is 0.0696. The first-order chi connectivity index (χ1) is 15.5. The van der Waals surface area contributed by atoms with E-state index in [9.17, 15) is 18.3 Å². The van der Waals surface area contributed by atoms with Gasteiger partial charge in [-0.1, -0.05) is 12.1 Å². The van der Waals surface area contributed by atoms with Crippen molar-refractivity contribution >= 4 is 27.5 Å². The Balaban J connectivity index is 1.92. The van der Waals surface area contributed by atoms with Gasteiger partial charge in [-0.05, 0) is 63.4 Å². The summed E-state index contributed by atoms with van der Waals surface area (Å²) >= 11 is 0. The van der Waals surface area contributed by atoms with Crippen molar-refractivity contribution in [2.45, 2.75) is 45.6 Å². The van der Waals surface area contributed by atoms with Crippen molar-refractivity contribution in [2.24, 2.45) is 0 Å². The summed E-state index contributed by atoms with van der Waals surface area (Å²) in [5, 5.41) is 13.9. The van der Waals surface area contributed by atoms with Crippen LogP contribution in [0.2, 0.25) is 0 Å². The molecule has 33 heavy (non-hydrogen) atoms. The van der Waals surface area contributed by atoms with Gasteiger partial charge in [0.05, 0.1) is 21.8 Å². The molecule has 0 spiro atoms. The van der Waals surface area contributed by atoms with Gasteiger partial charge < -0.3 is 10.0 Å². The van der Waals surface area contributed by atoms with Crippen LogP contribution in [0, 0.1) is 20.8 Å². The van der Waals surface area contributed by atoms with Gasteiger partial charge in [0.2, 0.25) is 0 Å². The predicted molar refractivity (Wildman–Crippen MR) is 128 cm³/mol. The molecule has 0 aliphatic rings. The molecule has 0 bridgehead atoms. The monoisotopic (exact) mass is 471 g/mol. The molecule has 0 unspecified atom stereocenters. The van der Waals surface area contributed by atoms with Gasteiger partial charge in [-0.25, -0.2) is 18.2 Å². The minimum absolute atomic E-state index is 0.0926. The minimum Gasteiger partial charge on any atom is -0.478 e. The average Bonchev–Trinajstić information content (AvgIpc) is 3.04. The molecule has 3 aromatic rings. The highest BCUT2D eigenvalue weighted by atomic mass is 32.2. The molecule has 0 aliphatic heterocycles. The number of aromatic carboxylic acids is 1. The molecule has 0 amide bonds. The third-order valence-electron chi connectivity index (χ3n) is 5.55. The molecule has 10 heteroatoms. The first-order valence-electron chi connectivity index (χ1n) is 10.6. The molecule has 0 saturated carbocycles. The number of benzene rings is 1. The Hall–Kier alpha value is -3.40. The van der Waals surface area contributed by atoms with Crippen LogP contribution < -0.4 is 9.62 Å². The number of hydrogen-bond donors (Lipinski definition) is 2. The van der Waals surface area contributed by atoms with Crippen LogP contribution in [0.4, 0.5) is 11.5 Å². The van der Waals surface area contributed by atoms with Crippen molar-refractivity contribution in [3.8, 4) is 0 Å². The van der Waals surface area contributed by atoms with Crippen LogP contribution in [0.15, 0.2) is 41.4 Å². The van der Waals surface area contributed by atoms with Gasteiger partial charge in [-0.3, -0.25) is 9.40 Å². The van der Waals surface area contributed by atoms with E-state index in [1.54, 1.807) is 32.2 Å². The number of carbonyl (C=O) groups is 1. The summed E-state index contributed by atoms with van der Waals surface area (Å²) in [6.07, 6.45) is 1.91. The molecule has 9 nitrogen and oxygen atoms in total. The summed E-state index contributed by atoms with van der Waals surface area (Å²) < 4.78 is 30.5. The van der Waals surface area contributed by atoms with Crippen LogP contribution >= 0.6 is 0 Å². The average molecular weight is 472 g/mol. The van der Waals surface area contributed by atoms with Crippen LogP contribution in [-0.4, -0.2) is 47.9 Å². The number of likely N-dealkylation sites (N-methyl/N-ethyl adjacent to an activating group) is 1. The Bertz CT molecular complexity index is 1280. The molecule has 1 aromatic carbocycles. The molecule has 176 valence electrons. The zero-order valence-corrected chi connectivity index (χ0v) is 20.3. The number of nitrogens with zero attached hydrogens (tertiary/aromatic N) is 4. The maximum atomic E-state index is 13.0. The van der Waals surface area contributed by atoms with E-state index in [-0.39, 0.29) is 16.1 Å². The molecular weight excluding hydrogens is 442 g/mol. The molecule has 2 N–H and O–H groups in total. The number of aryl methyl sites for hydroxylation is 3. The molecule has 2 aromatic heterocycles. The lowest BCUT2D eigenvalue weighted by Gasteiger charge is -2.22. The van der Waals surface area contributed by atoms with E-state index in [1.807, 2.05) is 30.4 Å². The number of hydrogen-bond acceptors (Lipinski definition) is 6. The van der Waals surface area contributed by atoms with Gasteiger partial charge >= 0.3 is 5.97 Å². The molecular formula is C23H29N5O4S. The smallest absolute Gasteiger partial charge is 0.337 e. The fraction of sp³-hybridized carbons (Fsp3) is 0.348. The van der Waals surface area contributed by atoms with E-state index in [0.29, 0.717) is 18.8 Å². The van der Waals surface area contributed by atoms with Gasteiger partial charge in [0.25, 0.3) is 10.0 Å². The van der Waals surface area contributed by atoms with Crippen LogP contribution in [-0.2, 0) is 23.0 Å². The first kappa shape index (κ1) is 24.2. The number of nitrogens with one attached hydrogen (secondary N) is 1. The van der Waals surface area contributed by atoms with E-state index in [1.165, 1.54) is 18.3 Å². The van der Waals surface area contributed by atoms with Crippen molar-refractivity contribution in [3.63, 3.8) is 0 Å². The summed E-state index contributed by atoms with van der Waals surface area (Å²) in [5.74, 6) is -0.847. The third-order valence-corrected chi connectivity index (χ3v) is 6.91. The molecule has 0 atom stereocenters. The van der Waals surface area contributed by atoms with Crippen molar-refractivity contribution in [1.82, 2.24) is 14.8 Å². The number of anilines is 2. The summed E-state index contributed by atoms with van der Waals surface area (Å²) in [5.41, 5.74) is 3.98. The summed E-state index contributed by atoms with van der Waals surface area (Å²) in [6, 6.07) is 7.79. The summed E-state index contributed by atoms with van der Waals surface area (Å²) in [7, 11) is -2.14. The fourth-order valence-corrected chi connectivity index (χ4v) is 4.89. The molecule has 0 fully saturated rings. The number of carboxylic acids is 1. The van der Waals surface area contributed by atoms with Crippen molar-refractivity contribution in [1.29, 1.82) is 0 Å². The first-order valence-corrected chi connectivity index (χ1v) is 12.1. The molecule has 0 aliphatic carbocycles. The molecule has 0 radical (unpaired) electrons. The van der Waals surface area contributed by atoms with E-state index in [0.717, 1.165) is 29.1 Å². The summed E-state index contributed by atoms with van der Waals surface area (Å²) in [6.45, 7) is 9.16. The van der Waals surface area contributed by atoms with Crippen LogP contribution in [0.1, 0.15) is 39.8 Å². The maximum Gasteiger partial charge on any atom is 0.337 e. The van der Waals surface area contributed by atoms with Gasteiger partial charge in [-0.15, -0.1) is 0 Å². The van der Waals surface area contributed by atoms with E-state index in [4.69, 9.17) is 0 Å². The number of carboxylic acid groups (broad SMARTS) is 1. The normalized spacial score (nSPS) is 11.4. The number of sulfonamides is 1. The lowest BCUT2D eigenvalue weighted by Crippen LogP contribution is -2.25. The highest BCUT2D eigenvalue weighted by Gasteiger charge is 2.21. The van der Waals surface area contributed by atoms with Gasteiger partial charge in [0.15, 0.2) is 5.82 Å². The largest absolute Gasteiger partial charge is 0.478 e. The van der Waals surface area contributed by atoms with E-state index < -0.39 is 16.0 Å². The Morgan fingerprint density at radius 1 is 1.21 bits per heavy atom. The third kappa shape index (κ3) is 5.33. The van der Waals surface area contributed by atoms with Gasteiger partial charge in [0, 0.05) is 32.0 Å². The Morgan fingerprint density at radius 3 is 2.55 bits per heavy atom. The van der Waals surface area contributed by atoms with E-state index in [2.05, 4.69) is 14.8 Å². The van der Waals surface area contributed by atoms with Crippen LogP contribution in [0.5, 0.6) is 0 Å². The zero-order chi connectivity index (χ0) is 24.3. The SMILES string of the molecule is CCn1nc(C)c(CCN(C)c2ncc(C(=O)O)cc2NS(=O)(=O)c2cccc(C)c2)c1C. The van der Waals surface area contributed by atoms with Crippen molar-refractivity contribution in [3.05, 3.63) is 64.6 Å². The summed E-state index contributed by atoms with van der Waals surface area (Å²) in [4.78, 5) is 17.7. The molecule has 0 saturated heterocycles. The quantitative estimate of drug-likeness (QED) is 0.491. The second-order valence-corrected chi connectivity index (χ2v) is 9.64. The highest BCUT2D eigenvalue weighted by Crippen LogP contribution is 2.27. The van der Waals surface area contributed by atoms with Gasteiger partial charge in [-0.2, -0.15) is 5.10 Å². The lowest BCUT2D eigenvalue weighted by atomic mass is 10.1. The topological polar surface area (TPSA) is 117 Å². The van der Waals surface area contributed by atoms with Crippen molar-refractivity contribution in [2.75, 3.05) is 23.2 Å². The number of pyridine rings is 1. The zero-order valence-electron chi connectivity index (χ0n) is 19.5. The number of aromatic nitrogens is 3. The van der Waals surface area contributed by atoms with Crippen molar-refractivity contribution < 1.29 is 18.3 Å². The number of rotatable bonds is 9. The highest BCUT2D eigenvalue weighted by molar-refractivity contribution is 7.92. The fourth-order valence-electron chi connectivity index (χ4n) is 3.73. The van der Waals surface area contributed by atoms with E-state index >= 15 is 0 Å². The Labute approximate surface area is 194 Å². The second kappa shape index (κ2) is 9.62. The Kier molecular flexibility index (Phi) is 7.06. The maximum absolute atomic E-state index is 13.0. The second-order valence-electron chi connectivity index (χ2n) is 7.96. The van der Waals surface area contributed by atoms with Crippen LogP contribution in [0.3, 0.4) is 0 Å². The Morgan fingerprint density at radius 2 is 1.94 bits per heavy atom. The molecule has 3 rings (SSSR count). The minimum atomic E-state index is -3.94. The van der Waals surface area contributed by atoms with Gasteiger partial charge in [0.1, 0.15) is 0 Å². The predicted octanol–water partition coefficient (Wildman–Crippen LogP) is 3.40. The molecule has 2 heterocycles.